The van der Waals surface area contributed by atoms with Crippen LogP contribution in [0.3, 0.4) is 0 Å². The van der Waals surface area contributed by atoms with Gasteiger partial charge in [-0.15, -0.1) is 0 Å². The van der Waals surface area contributed by atoms with Gasteiger partial charge in [0.2, 0.25) is 5.95 Å². The SMILES string of the molecule is O=C1CC(c2ccco2)CC2=C1C(c1cccc(Oc3ccccc3)c1)n1ncnc1N2. The molecule has 0 bridgehead atoms. The molecule has 158 valence electrons. The lowest BCUT2D eigenvalue weighted by atomic mass is 9.79. The Bertz CT molecular complexity index is 1310. The van der Waals surface area contributed by atoms with Gasteiger partial charge >= 0.3 is 0 Å². The monoisotopic (exact) mass is 424 g/mol. The van der Waals surface area contributed by atoms with Crippen molar-refractivity contribution < 1.29 is 13.9 Å². The predicted molar refractivity (Wildman–Crippen MR) is 117 cm³/mol. The molecule has 0 radical (unpaired) electrons. The minimum atomic E-state index is -0.367. The summed E-state index contributed by atoms with van der Waals surface area (Å²) in [6.45, 7) is 0. The van der Waals surface area contributed by atoms with Gasteiger partial charge in [0.25, 0.3) is 0 Å². The summed E-state index contributed by atoms with van der Waals surface area (Å²) in [6, 6.07) is 20.8. The Balaban J connectivity index is 1.40. The lowest BCUT2D eigenvalue weighted by Gasteiger charge is -2.34. The van der Waals surface area contributed by atoms with Crippen LogP contribution in [0.2, 0.25) is 0 Å². The Morgan fingerprint density at radius 3 is 2.72 bits per heavy atom. The van der Waals surface area contributed by atoms with Gasteiger partial charge in [0, 0.05) is 23.6 Å². The third-order valence-electron chi connectivity index (χ3n) is 5.96. The van der Waals surface area contributed by atoms with Crippen molar-refractivity contribution in [2.45, 2.75) is 24.8 Å². The molecule has 2 aliphatic rings. The highest BCUT2D eigenvalue weighted by Crippen LogP contribution is 2.44. The number of nitrogens with one attached hydrogen (secondary N) is 1. The van der Waals surface area contributed by atoms with E-state index in [4.69, 9.17) is 9.15 Å². The van der Waals surface area contributed by atoms with Crippen molar-refractivity contribution in [3.63, 3.8) is 0 Å². The van der Waals surface area contributed by atoms with Gasteiger partial charge < -0.3 is 14.5 Å². The third kappa shape index (κ3) is 3.19. The molecule has 1 aliphatic carbocycles. The lowest BCUT2D eigenvalue weighted by molar-refractivity contribution is -0.117. The number of benzene rings is 2. The zero-order valence-electron chi connectivity index (χ0n) is 17.1. The fourth-order valence-corrected chi connectivity index (χ4v) is 4.56. The van der Waals surface area contributed by atoms with Crippen LogP contribution in [0, 0.1) is 0 Å². The number of hydrogen-bond donors (Lipinski definition) is 1. The highest BCUT2D eigenvalue weighted by Gasteiger charge is 2.40. The van der Waals surface area contributed by atoms with E-state index in [1.165, 1.54) is 6.33 Å². The maximum absolute atomic E-state index is 13.4. The molecule has 1 aliphatic heterocycles. The Kier molecular flexibility index (Phi) is 4.38. The molecule has 7 heteroatoms. The topological polar surface area (TPSA) is 82.2 Å². The Morgan fingerprint density at radius 2 is 1.88 bits per heavy atom. The summed E-state index contributed by atoms with van der Waals surface area (Å²) in [5, 5.41) is 7.75. The van der Waals surface area contributed by atoms with Crippen molar-refractivity contribution in [1.29, 1.82) is 0 Å². The standard InChI is InChI=1S/C25H20N4O3/c30-21-14-17(22-10-5-11-31-22)13-20-23(21)24(29-25(28-20)26-15-27-29)16-6-4-9-19(12-16)32-18-7-2-1-3-8-18/h1-12,15,17,24H,13-14H2,(H,26,27,28). The summed E-state index contributed by atoms with van der Waals surface area (Å²) in [7, 11) is 0. The van der Waals surface area contributed by atoms with Crippen molar-refractivity contribution in [2.75, 3.05) is 5.32 Å². The van der Waals surface area contributed by atoms with E-state index < -0.39 is 0 Å². The average Bonchev–Trinajstić information content (AvgIpc) is 3.51. The molecule has 2 aromatic carbocycles. The number of hydrogen-bond acceptors (Lipinski definition) is 6. The van der Waals surface area contributed by atoms with Crippen LogP contribution in [0.1, 0.15) is 36.1 Å². The van der Waals surface area contributed by atoms with Crippen molar-refractivity contribution >= 4 is 11.7 Å². The smallest absolute Gasteiger partial charge is 0.226 e. The molecular formula is C25H20N4O3. The Labute approximate surface area is 184 Å². The van der Waals surface area contributed by atoms with Crippen LogP contribution < -0.4 is 10.1 Å². The molecular weight excluding hydrogens is 404 g/mol. The summed E-state index contributed by atoms with van der Waals surface area (Å²) in [4.78, 5) is 17.8. The fraction of sp³-hybridized carbons (Fsp3) is 0.160. The van der Waals surface area contributed by atoms with Gasteiger partial charge in [0.1, 0.15) is 29.6 Å². The Hall–Kier alpha value is -4.13. The molecule has 4 aromatic rings. The number of Topliss-reactive ketones (excluding diaryl/α,β-unsaturated/α-hetero) is 1. The number of ether oxygens (including phenoxy) is 1. The first-order chi connectivity index (χ1) is 15.8. The van der Waals surface area contributed by atoms with Gasteiger partial charge in [-0.1, -0.05) is 30.3 Å². The number of fused-ring (bicyclic) bond motifs is 1. The number of furan rings is 1. The van der Waals surface area contributed by atoms with Crippen LogP contribution in [0.15, 0.2) is 95.0 Å². The van der Waals surface area contributed by atoms with E-state index in [0.29, 0.717) is 24.5 Å². The molecule has 2 unspecified atom stereocenters. The maximum atomic E-state index is 13.4. The molecule has 7 nitrogen and oxygen atoms in total. The number of ketones is 1. The summed E-state index contributed by atoms with van der Waals surface area (Å²) < 4.78 is 13.4. The number of rotatable bonds is 4. The number of carbonyl (C=O) groups is 1. The van der Waals surface area contributed by atoms with E-state index in [9.17, 15) is 4.79 Å². The molecule has 32 heavy (non-hydrogen) atoms. The zero-order chi connectivity index (χ0) is 21.5. The average molecular weight is 424 g/mol. The number of anilines is 1. The highest BCUT2D eigenvalue weighted by molar-refractivity contribution is 6.00. The van der Waals surface area contributed by atoms with E-state index in [1.807, 2.05) is 66.7 Å². The van der Waals surface area contributed by atoms with Gasteiger partial charge in [-0.05, 0) is 48.4 Å². The van der Waals surface area contributed by atoms with Crippen LogP contribution >= 0.6 is 0 Å². The van der Waals surface area contributed by atoms with Crippen LogP contribution in [0.5, 0.6) is 11.5 Å². The summed E-state index contributed by atoms with van der Waals surface area (Å²) in [5.74, 6) is 3.00. The van der Waals surface area contributed by atoms with E-state index in [1.54, 1.807) is 10.9 Å². The second kappa shape index (κ2) is 7.53. The van der Waals surface area contributed by atoms with Gasteiger partial charge in [-0.2, -0.15) is 10.1 Å². The predicted octanol–water partition coefficient (Wildman–Crippen LogP) is 5.08. The first-order valence-electron chi connectivity index (χ1n) is 10.6. The van der Waals surface area contributed by atoms with Crippen molar-refractivity contribution in [3.05, 3.63) is 102 Å². The largest absolute Gasteiger partial charge is 0.469 e. The molecule has 6 rings (SSSR count). The molecule has 3 heterocycles. The quantitative estimate of drug-likeness (QED) is 0.492. The second-order valence-electron chi connectivity index (χ2n) is 7.98. The normalized spacial score (nSPS) is 19.8. The van der Waals surface area contributed by atoms with Crippen LogP contribution in [-0.2, 0) is 4.79 Å². The van der Waals surface area contributed by atoms with Gasteiger partial charge in [-0.3, -0.25) is 4.79 Å². The third-order valence-corrected chi connectivity index (χ3v) is 5.96. The molecule has 0 amide bonds. The van der Waals surface area contributed by atoms with Crippen molar-refractivity contribution in [3.8, 4) is 11.5 Å². The molecule has 0 fully saturated rings. The molecule has 0 saturated heterocycles. The first kappa shape index (κ1) is 18.6. The highest BCUT2D eigenvalue weighted by atomic mass is 16.5. The minimum absolute atomic E-state index is 0.00613. The van der Waals surface area contributed by atoms with Gasteiger partial charge in [0.05, 0.1) is 6.26 Å². The summed E-state index contributed by atoms with van der Waals surface area (Å²) in [5.41, 5.74) is 2.52. The second-order valence-corrected chi connectivity index (χ2v) is 7.98. The number of aromatic nitrogens is 3. The van der Waals surface area contributed by atoms with Gasteiger partial charge in [0.15, 0.2) is 5.78 Å². The summed E-state index contributed by atoms with van der Waals surface area (Å²) in [6.07, 6.45) is 4.23. The van der Waals surface area contributed by atoms with E-state index in [0.717, 1.165) is 28.3 Å². The maximum Gasteiger partial charge on any atom is 0.226 e. The zero-order valence-corrected chi connectivity index (χ0v) is 17.1. The van der Waals surface area contributed by atoms with Gasteiger partial charge in [-0.25, -0.2) is 4.68 Å². The first-order valence-corrected chi connectivity index (χ1v) is 10.6. The molecule has 2 atom stereocenters. The molecule has 0 saturated carbocycles. The number of allylic oxidation sites excluding steroid dienone is 2. The van der Waals surface area contributed by atoms with Crippen LogP contribution in [0.4, 0.5) is 5.95 Å². The number of nitrogens with zero attached hydrogens (tertiary/aromatic N) is 3. The summed E-state index contributed by atoms with van der Waals surface area (Å²) >= 11 is 0. The molecule has 1 N–H and O–H groups in total. The van der Waals surface area contributed by atoms with E-state index in [-0.39, 0.29) is 17.7 Å². The number of carbonyl (C=O) groups excluding carboxylic acids is 1. The van der Waals surface area contributed by atoms with E-state index >= 15 is 0 Å². The fourth-order valence-electron chi connectivity index (χ4n) is 4.56. The van der Waals surface area contributed by atoms with Crippen molar-refractivity contribution in [1.82, 2.24) is 14.8 Å². The van der Waals surface area contributed by atoms with Crippen LogP contribution in [-0.4, -0.2) is 20.5 Å². The molecule has 0 spiro atoms. The molecule has 2 aromatic heterocycles. The van der Waals surface area contributed by atoms with Crippen LogP contribution in [0.25, 0.3) is 0 Å². The number of para-hydroxylation sites is 1. The minimum Gasteiger partial charge on any atom is -0.469 e. The van der Waals surface area contributed by atoms with Crippen molar-refractivity contribution in [2.24, 2.45) is 0 Å². The Morgan fingerprint density at radius 1 is 1.00 bits per heavy atom. The van der Waals surface area contributed by atoms with E-state index in [2.05, 4.69) is 15.4 Å². The lowest BCUT2D eigenvalue weighted by Crippen LogP contribution is -2.33.